The molecule has 37 heavy (non-hydrogen) atoms. The summed E-state index contributed by atoms with van der Waals surface area (Å²) < 4.78 is 48.7. The highest BCUT2D eigenvalue weighted by Gasteiger charge is 2.36. The summed E-state index contributed by atoms with van der Waals surface area (Å²) in [7, 11) is 0. The summed E-state index contributed by atoms with van der Waals surface area (Å²) in [5.74, 6) is 1.16. The van der Waals surface area contributed by atoms with E-state index in [1.54, 1.807) is 24.3 Å². The minimum Gasteiger partial charge on any atom is -0.457 e. The van der Waals surface area contributed by atoms with Crippen LogP contribution in [-0.2, 0) is 19.1 Å². The Hall–Kier alpha value is -4.31. The zero-order valence-electron chi connectivity index (χ0n) is 20.7. The smallest absolute Gasteiger partial charge is 0.407 e. The molecule has 0 aliphatic rings. The third-order valence-corrected chi connectivity index (χ3v) is 6.21. The van der Waals surface area contributed by atoms with E-state index in [0.717, 1.165) is 34.7 Å². The Balaban J connectivity index is 1.81. The SMILES string of the molecule is [C-]#[N+]c1c(C(F)(F)F)cc(-c2ccc(Oc3cccc(CC)c3)cc2)n(Cc2ccc(C)cc2C)c1=O. The molecule has 0 radical (unpaired) electrons. The number of rotatable bonds is 6. The highest BCUT2D eigenvalue weighted by atomic mass is 19.4. The van der Waals surface area contributed by atoms with Crippen LogP contribution in [0.5, 0.6) is 11.5 Å². The van der Waals surface area contributed by atoms with Gasteiger partial charge in [-0.25, -0.2) is 4.85 Å². The van der Waals surface area contributed by atoms with Crippen molar-refractivity contribution in [2.75, 3.05) is 0 Å². The van der Waals surface area contributed by atoms with Crippen molar-refractivity contribution < 1.29 is 17.9 Å². The average Bonchev–Trinajstić information content (AvgIpc) is 2.86. The number of alkyl halides is 3. The summed E-state index contributed by atoms with van der Waals surface area (Å²) in [5.41, 5.74) is 1.15. The van der Waals surface area contributed by atoms with E-state index < -0.39 is 23.0 Å². The molecule has 0 saturated heterocycles. The quantitative estimate of drug-likeness (QED) is 0.250. The van der Waals surface area contributed by atoms with Crippen LogP contribution in [0.25, 0.3) is 16.1 Å². The molecule has 0 spiro atoms. The van der Waals surface area contributed by atoms with E-state index >= 15 is 0 Å². The number of benzene rings is 3. The number of hydrogen-bond donors (Lipinski definition) is 0. The molecule has 0 atom stereocenters. The number of halogens is 3. The fourth-order valence-electron chi connectivity index (χ4n) is 4.21. The van der Waals surface area contributed by atoms with E-state index in [0.29, 0.717) is 17.1 Å². The predicted molar refractivity (Wildman–Crippen MR) is 138 cm³/mol. The Kier molecular flexibility index (Phi) is 7.21. The van der Waals surface area contributed by atoms with Crippen LogP contribution in [0.2, 0.25) is 0 Å². The molecule has 7 heteroatoms. The van der Waals surface area contributed by atoms with Crippen LogP contribution in [-0.4, -0.2) is 4.57 Å². The van der Waals surface area contributed by atoms with Gasteiger partial charge < -0.3 is 9.30 Å². The van der Waals surface area contributed by atoms with E-state index in [1.165, 1.54) is 4.57 Å². The number of pyridine rings is 1. The molecular formula is C30H25F3N2O2. The van der Waals surface area contributed by atoms with E-state index in [2.05, 4.69) is 4.85 Å². The third-order valence-electron chi connectivity index (χ3n) is 6.21. The highest BCUT2D eigenvalue weighted by molar-refractivity contribution is 5.67. The summed E-state index contributed by atoms with van der Waals surface area (Å²) in [4.78, 5) is 16.2. The van der Waals surface area contributed by atoms with Gasteiger partial charge in [-0.15, -0.1) is 0 Å². The summed E-state index contributed by atoms with van der Waals surface area (Å²) in [6, 6.07) is 20.7. The first-order chi connectivity index (χ1) is 17.6. The second-order valence-electron chi connectivity index (χ2n) is 8.85. The lowest BCUT2D eigenvalue weighted by Crippen LogP contribution is -2.25. The fraction of sp³-hybridized carbons (Fsp3) is 0.200. The Bertz CT molecular complexity index is 1550. The van der Waals surface area contributed by atoms with Crippen molar-refractivity contribution in [3.63, 3.8) is 0 Å². The standard InChI is InChI=1S/C30H25F3N2O2/c1-5-21-7-6-8-25(16-21)37-24-13-11-22(12-14-24)27-17-26(30(31,32)33)28(34-4)29(36)35(27)18-23-10-9-19(2)15-20(23)3/h6-17H,5,18H2,1-3H3. The lowest BCUT2D eigenvalue weighted by Gasteiger charge is -2.19. The zero-order valence-corrected chi connectivity index (χ0v) is 20.7. The summed E-state index contributed by atoms with van der Waals surface area (Å²) in [6.07, 6.45) is -3.99. The van der Waals surface area contributed by atoms with E-state index in [4.69, 9.17) is 11.3 Å². The Morgan fingerprint density at radius 2 is 1.68 bits per heavy atom. The summed E-state index contributed by atoms with van der Waals surface area (Å²) in [6.45, 7) is 13.2. The number of hydrogen-bond acceptors (Lipinski definition) is 2. The maximum Gasteiger partial charge on any atom is 0.407 e. The minimum atomic E-state index is -4.85. The lowest BCUT2D eigenvalue weighted by atomic mass is 10.0. The van der Waals surface area contributed by atoms with Crippen LogP contribution in [0.4, 0.5) is 18.9 Å². The van der Waals surface area contributed by atoms with Crippen LogP contribution in [0.1, 0.15) is 34.7 Å². The number of nitrogens with zero attached hydrogens (tertiary/aromatic N) is 2. The molecule has 4 rings (SSSR count). The molecule has 188 valence electrons. The van der Waals surface area contributed by atoms with Crippen molar-refractivity contribution in [1.29, 1.82) is 0 Å². The summed E-state index contributed by atoms with van der Waals surface area (Å²) >= 11 is 0. The van der Waals surface area contributed by atoms with Gasteiger partial charge in [-0.1, -0.05) is 42.8 Å². The van der Waals surface area contributed by atoms with Gasteiger partial charge >= 0.3 is 6.18 Å². The molecule has 0 fully saturated rings. The topological polar surface area (TPSA) is 35.6 Å². The predicted octanol–water partition coefficient (Wildman–Crippen LogP) is 8.10. The average molecular weight is 503 g/mol. The number of ether oxygens (including phenoxy) is 1. The zero-order chi connectivity index (χ0) is 26.7. The monoisotopic (exact) mass is 502 g/mol. The third kappa shape index (κ3) is 5.59. The van der Waals surface area contributed by atoms with Crippen molar-refractivity contribution in [1.82, 2.24) is 4.57 Å². The molecule has 4 nitrogen and oxygen atoms in total. The van der Waals surface area contributed by atoms with Crippen molar-refractivity contribution in [2.45, 2.75) is 39.9 Å². The van der Waals surface area contributed by atoms with Crippen LogP contribution < -0.4 is 10.3 Å². The fourth-order valence-corrected chi connectivity index (χ4v) is 4.21. The highest BCUT2D eigenvalue weighted by Crippen LogP contribution is 2.37. The van der Waals surface area contributed by atoms with Crippen molar-refractivity contribution >= 4 is 5.69 Å². The Morgan fingerprint density at radius 3 is 2.30 bits per heavy atom. The van der Waals surface area contributed by atoms with Crippen molar-refractivity contribution in [2.24, 2.45) is 0 Å². The second kappa shape index (κ2) is 10.4. The van der Waals surface area contributed by atoms with E-state index in [1.807, 2.05) is 63.2 Å². The van der Waals surface area contributed by atoms with Crippen molar-refractivity contribution in [3.05, 3.63) is 122 Å². The van der Waals surface area contributed by atoms with E-state index in [9.17, 15) is 18.0 Å². The molecule has 0 aliphatic heterocycles. The first-order valence-corrected chi connectivity index (χ1v) is 11.8. The molecule has 3 aromatic carbocycles. The van der Waals surface area contributed by atoms with E-state index in [-0.39, 0.29) is 12.2 Å². The Labute approximate surface area is 213 Å². The molecule has 0 unspecified atom stereocenters. The van der Waals surface area contributed by atoms with Crippen LogP contribution >= 0.6 is 0 Å². The normalized spacial score (nSPS) is 11.3. The molecule has 0 amide bonds. The van der Waals surface area contributed by atoms with Gasteiger partial charge in [0.15, 0.2) is 0 Å². The van der Waals surface area contributed by atoms with Crippen LogP contribution in [0.3, 0.4) is 0 Å². The largest absolute Gasteiger partial charge is 0.457 e. The summed E-state index contributed by atoms with van der Waals surface area (Å²) in [5, 5.41) is 0. The van der Waals surface area contributed by atoms with Gasteiger partial charge in [0, 0.05) is 5.69 Å². The number of aromatic nitrogens is 1. The molecule has 1 heterocycles. The van der Waals surface area contributed by atoms with Crippen molar-refractivity contribution in [3.8, 4) is 22.8 Å². The minimum absolute atomic E-state index is 0.0308. The van der Waals surface area contributed by atoms with Gasteiger partial charge in [0.2, 0.25) is 0 Å². The molecule has 0 aliphatic carbocycles. The van der Waals surface area contributed by atoms with Gasteiger partial charge in [-0.05, 0) is 85.0 Å². The van der Waals surface area contributed by atoms with Gasteiger partial charge in [0.25, 0.3) is 11.2 Å². The van der Waals surface area contributed by atoms with Gasteiger partial charge in [-0.2, -0.15) is 13.2 Å². The van der Waals surface area contributed by atoms with Gasteiger partial charge in [0.05, 0.1) is 18.7 Å². The maximum absolute atomic E-state index is 13.8. The Morgan fingerprint density at radius 1 is 0.946 bits per heavy atom. The van der Waals surface area contributed by atoms with Gasteiger partial charge in [0.1, 0.15) is 11.5 Å². The first-order valence-electron chi connectivity index (χ1n) is 11.8. The van der Waals surface area contributed by atoms with Crippen LogP contribution in [0.15, 0.2) is 77.6 Å². The molecule has 0 N–H and O–H groups in total. The molecule has 0 saturated carbocycles. The van der Waals surface area contributed by atoms with Gasteiger partial charge in [-0.3, -0.25) is 4.79 Å². The lowest BCUT2D eigenvalue weighted by molar-refractivity contribution is -0.136. The molecular weight excluding hydrogens is 477 g/mol. The van der Waals surface area contributed by atoms with Crippen LogP contribution in [0, 0.1) is 20.4 Å². The first kappa shape index (κ1) is 25.8. The second-order valence-corrected chi connectivity index (χ2v) is 8.85. The molecule has 1 aromatic heterocycles. The molecule has 0 bridgehead atoms. The number of aryl methyl sites for hydroxylation is 3. The molecule has 4 aromatic rings. The maximum atomic E-state index is 13.8.